The predicted octanol–water partition coefficient (Wildman–Crippen LogP) is 1.77. The molecule has 0 bridgehead atoms. The summed E-state index contributed by atoms with van der Waals surface area (Å²) < 4.78 is 0. The van der Waals surface area contributed by atoms with E-state index in [1.165, 1.54) is 6.08 Å². The van der Waals surface area contributed by atoms with E-state index in [2.05, 4.69) is 10.6 Å². The van der Waals surface area contributed by atoms with Gasteiger partial charge >= 0.3 is 0 Å². The molecule has 3 nitrogen and oxygen atoms in total. The van der Waals surface area contributed by atoms with Crippen molar-refractivity contribution < 1.29 is 4.79 Å². The first kappa shape index (κ1) is 11.9. The van der Waals surface area contributed by atoms with Crippen molar-refractivity contribution in [3.63, 3.8) is 0 Å². The Labute approximate surface area is 98.2 Å². The summed E-state index contributed by atoms with van der Waals surface area (Å²) >= 11 is 6.45. The zero-order valence-corrected chi connectivity index (χ0v) is 9.95. The van der Waals surface area contributed by atoms with Crippen molar-refractivity contribution >= 4 is 40.7 Å². The fourth-order valence-corrected chi connectivity index (χ4v) is 1.77. The number of carbonyl (C=O) groups excluding carboxylic acids is 1. The number of nitrogens with one attached hydrogen (secondary N) is 2. The third-order valence-corrected chi connectivity index (χ3v) is 2.60. The maximum atomic E-state index is 11.3. The first-order valence-corrected chi connectivity index (χ1v) is 5.81. The molecule has 1 aromatic rings. The van der Waals surface area contributed by atoms with Crippen molar-refractivity contribution in [2.75, 3.05) is 6.54 Å². The summed E-state index contributed by atoms with van der Waals surface area (Å²) in [6.45, 7) is 2.62. The Bertz CT molecular complexity index is 358. The third kappa shape index (κ3) is 4.71. The molecule has 80 valence electrons. The lowest BCUT2D eigenvalue weighted by atomic mass is 10.4. The van der Waals surface area contributed by atoms with Crippen LogP contribution in [0.3, 0.4) is 0 Å². The summed E-state index contributed by atoms with van der Waals surface area (Å²) in [5.74, 6) is -0.214. The van der Waals surface area contributed by atoms with Crippen LogP contribution in [0, 0.1) is 0 Å². The Kier molecular flexibility index (Phi) is 5.00. The Morgan fingerprint density at radius 2 is 2.47 bits per heavy atom. The van der Waals surface area contributed by atoms with Gasteiger partial charge in [0.05, 0.1) is 0 Å². The van der Waals surface area contributed by atoms with E-state index in [0.717, 1.165) is 4.88 Å². The van der Waals surface area contributed by atoms with Gasteiger partial charge in [0, 0.05) is 17.5 Å². The average Bonchev–Trinajstić information content (AvgIpc) is 2.67. The van der Waals surface area contributed by atoms with Crippen molar-refractivity contribution in [1.82, 2.24) is 10.6 Å². The molecule has 0 atom stereocenters. The molecule has 0 saturated heterocycles. The molecule has 0 aliphatic heterocycles. The Morgan fingerprint density at radius 3 is 3.07 bits per heavy atom. The molecule has 0 aliphatic rings. The third-order valence-electron chi connectivity index (χ3n) is 1.52. The van der Waals surface area contributed by atoms with Crippen LogP contribution in [0.4, 0.5) is 0 Å². The largest absolute Gasteiger partial charge is 0.363 e. The molecular weight excluding hydrogens is 228 g/mol. The second kappa shape index (κ2) is 6.31. The highest BCUT2D eigenvalue weighted by atomic mass is 32.1. The molecule has 0 unspecified atom stereocenters. The maximum absolute atomic E-state index is 11.3. The molecule has 1 heterocycles. The minimum Gasteiger partial charge on any atom is -0.363 e. The van der Waals surface area contributed by atoms with Crippen LogP contribution in [0.5, 0.6) is 0 Å². The smallest absolute Gasteiger partial charge is 0.250 e. The van der Waals surface area contributed by atoms with Crippen LogP contribution in [-0.2, 0) is 4.79 Å². The van der Waals surface area contributed by atoms with Gasteiger partial charge in [-0.2, -0.15) is 0 Å². The summed E-state index contributed by atoms with van der Waals surface area (Å²) in [6, 6.07) is 3.88. The average molecular weight is 240 g/mol. The molecule has 2 N–H and O–H groups in total. The van der Waals surface area contributed by atoms with Gasteiger partial charge in [0.1, 0.15) is 0 Å². The van der Waals surface area contributed by atoms with Gasteiger partial charge in [-0.15, -0.1) is 11.3 Å². The molecule has 15 heavy (non-hydrogen) atoms. The molecule has 5 heteroatoms. The van der Waals surface area contributed by atoms with Crippen molar-refractivity contribution in [3.05, 3.63) is 28.5 Å². The Balaban J connectivity index is 2.39. The number of amides is 1. The Morgan fingerprint density at radius 1 is 1.67 bits per heavy atom. The summed E-state index contributed by atoms with van der Waals surface area (Å²) in [4.78, 5) is 12.3. The highest BCUT2D eigenvalue weighted by molar-refractivity contribution is 7.80. The van der Waals surface area contributed by atoms with E-state index < -0.39 is 0 Å². The minimum absolute atomic E-state index is 0.214. The highest BCUT2D eigenvalue weighted by Gasteiger charge is 1.98. The predicted molar refractivity (Wildman–Crippen MR) is 67.8 cm³/mol. The second-order valence-corrected chi connectivity index (χ2v) is 4.08. The van der Waals surface area contributed by atoms with E-state index >= 15 is 0 Å². The zero-order chi connectivity index (χ0) is 11.1. The number of hydrogen-bond acceptors (Lipinski definition) is 3. The SMILES string of the molecule is CCNC(=S)NC(=O)C=Cc1cccs1. The molecule has 1 rings (SSSR count). The number of hydrogen-bond donors (Lipinski definition) is 2. The van der Waals surface area contributed by atoms with Crippen LogP contribution in [0.2, 0.25) is 0 Å². The van der Waals surface area contributed by atoms with Crippen molar-refractivity contribution in [1.29, 1.82) is 0 Å². The fourth-order valence-electron chi connectivity index (χ4n) is 0.902. The van der Waals surface area contributed by atoms with E-state index in [4.69, 9.17) is 12.2 Å². The Hall–Kier alpha value is -1.20. The number of rotatable bonds is 3. The normalized spacial score (nSPS) is 10.2. The monoisotopic (exact) mass is 240 g/mol. The molecule has 0 aliphatic carbocycles. The van der Waals surface area contributed by atoms with Gasteiger partial charge in [-0.05, 0) is 36.7 Å². The highest BCUT2D eigenvalue weighted by Crippen LogP contribution is 2.09. The minimum atomic E-state index is -0.214. The van der Waals surface area contributed by atoms with E-state index in [1.807, 2.05) is 24.4 Å². The molecule has 0 saturated carbocycles. The van der Waals surface area contributed by atoms with Gasteiger partial charge < -0.3 is 5.32 Å². The van der Waals surface area contributed by atoms with E-state index in [9.17, 15) is 4.79 Å². The van der Waals surface area contributed by atoms with E-state index in [1.54, 1.807) is 17.4 Å². The van der Waals surface area contributed by atoms with Crippen LogP contribution in [0.15, 0.2) is 23.6 Å². The molecule has 0 spiro atoms. The standard InChI is InChI=1S/C10H12N2OS2/c1-2-11-10(14)12-9(13)6-5-8-4-3-7-15-8/h3-7H,2H2,1H3,(H2,11,12,13,14). The lowest BCUT2D eigenvalue weighted by Crippen LogP contribution is -2.38. The summed E-state index contributed by atoms with van der Waals surface area (Å²) in [5.41, 5.74) is 0. The van der Waals surface area contributed by atoms with Crippen molar-refractivity contribution in [2.45, 2.75) is 6.92 Å². The van der Waals surface area contributed by atoms with Crippen LogP contribution in [-0.4, -0.2) is 17.6 Å². The topological polar surface area (TPSA) is 41.1 Å². The summed E-state index contributed by atoms with van der Waals surface area (Å²) in [6.07, 6.45) is 3.23. The summed E-state index contributed by atoms with van der Waals surface area (Å²) in [7, 11) is 0. The van der Waals surface area contributed by atoms with Gasteiger partial charge in [0.15, 0.2) is 5.11 Å². The lowest BCUT2D eigenvalue weighted by molar-refractivity contribution is -0.115. The number of thiophene rings is 1. The summed E-state index contributed by atoms with van der Waals surface area (Å²) in [5, 5.41) is 7.70. The molecular formula is C10H12N2OS2. The van der Waals surface area contributed by atoms with Gasteiger partial charge in [-0.25, -0.2) is 0 Å². The number of carbonyl (C=O) groups is 1. The van der Waals surface area contributed by atoms with Gasteiger partial charge in [0.25, 0.3) is 0 Å². The van der Waals surface area contributed by atoms with Gasteiger partial charge in [-0.3, -0.25) is 10.1 Å². The molecule has 1 amide bonds. The molecule has 0 radical (unpaired) electrons. The molecule has 0 fully saturated rings. The van der Waals surface area contributed by atoms with Crippen molar-refractivity contribution in [2.24, 2.45) is 0 Å². The van der Waals surface area contributed by atoms with Crippen LogP contribution >= 0.6 is 23.6 Å². The first-order chi connectivity index (χ1) is 7.22. The number of thiocarbonyl (C=S) groups is 1. The molecule has 0 aromatic carbocycles. The first-order valence-electron chi connectivity index (χ1n) is 4.52. The second-order valence-electron chi connectivity index (χ2n) is 2.70. The lowest BCUT2D eigenvalue weighted by Gasteiger charge is -2.03. The van der Waals surface area contributed by atoms with Crippen LogP contribution in [0.1, 0.15) is 11.8 Å². The van der Waals surface area contributed by atoms with Crippen LogP contribution in [0.25, 0.3) is 6.08 Å². The fraction of sp³-hybridized carbons (Fsp3) is 0.200. The molecule has 1 aromatic heterocycles. The van der Waals surface area contributed by atoms with E-state index in [0.29, 0.717) is 11.7 Å². The van der Waals surface area contributed by atoms with Gasteiger partial charge in [0.2, 0.25) is 5.91 Å². The van der Waals surface area contributed by atoms with E-state index in [-0.39, 0.29) is 5.91 Å². The quantitative estimate of drug-likeness (QED) is 0.625. The van der Waals surface area contributed by atoms with Crippen molar-refractivity contribution in [3.8, 4) is 0 Å². The zero-order valence-electron chi connectivity index (χ0n) is 8.32. The van der Waals surface area contributed by atoms with Crippen LogP contribution < -0.4 is 10.6 Å². The van der Waals surface area contributed by atoms with Gasteiger partial charge in [-0.1, -0.05) is 6.07 Å². The maximum Gasteiger partial charge on any atom is 0.250 e.